The molecule has 5 rings (SSSR count). The lowest BCUT2D eigenvalue weighted by atomic mass is 10.0. The lowest BCUT2D eigenvalue weighted by Crippen LogP contribution is -2.06. The highest BCUT2D eigenvalue weighted by Gasteiger charge is 2.13. The van der Waals surface area contributed by atoms with E-state index < -0.39 is 0 Å². The average Bonchev–Trinajstić information content (AvgIpc) is 3.33. The molecule has 5 aromatic rings. The van der Waals surface area contributed by atoms with Crippen LogP contribution in [0.5, 0.6) is 0 Å². The monoisotopic (exact) mass is 449 g/mol. The number of nitrogens with zero attached hydrogens (tertiary/aromatic N) is 4. The SMILES string of the molecule is Cc1nc(C)c(Cc2ccccc2)c(Nc2cccc(-c3csc(-c4ccccn4)n3)c2)n1. The Bertz CT molecular complexity index is 1380. The molecule has 5 nitrogen and oxygen atoms in total. The number of rotatable bonds is 6. The highest BCUT2D eigenvalue weighted by atomic mass is 32.1. The van der Waals surface area contributed by atoms with E-state index in [0.29, 0.717) is 0 Å². The minimum Gasteiger partial charge on any atom is -0.340 e. The van der Waals surface area contributed by atoms with Crippen molar-refractivity contribution in [2.24, 2.45) is 0 Å². The molecule has 0 amide bonds. The van der Waals surface area contributed by atoms with Crippen molar-refractivity contribution in [2.75, 3.05) is 5.32 Å². The van der Waals surface area contributed by atoms with Crippen LogP contribution in [0.1, 0.15) is 22.6 Å². The van der Waals surface area contributed by atoms with Crippen LogP contribution in [0.3, 0.4) is 0 Å². The molecule has 0 saturated carbocycles. The van der Waals surface area contributed by atoms with Gasteiger partial charge in [0.05, 0.1) is 11.4 Å². The third kappa shape index (κ3) is 4.81. The third-order valence-electron chi connectivity index (χ3n) is 5.36. The maximum Gasteiger partial charge on any atom is 0.142 e. The van der Waals surface area contributed by atoms with Gasteiger partial charge in [0.2, 0.25) is 0 Å². The van der Waals surface area contributed by atoms with E-state index in [1.807, 2.05) is 44.2 Å². The number of aromatic nitrogens is 4. The van der Waals surface area contributed by atoms with Gasteiger partial charge in [-0.3, -0.25) is 4.98 Å². The quantitative estimate of drug-likeness (QED) is 0.316. The van der Waals surface area contributed by atoms with E-state index in [4.69, 9.17) is 9.97 Å². The van der Waals surface area contributed by atoms with Gasteiger partial charge in [0.1, 0.15) is 16.6 Å². The number of thiazole rings is 1. The van der Waals surface area contributed by atoms with Crippen LogP contribution in [0.25, 0.3) is 22.0 Å². The van der Waals surface area contributed by atoms with Crippen LogP contribution in [0.15, 0.2) is 84.4 Å². The van der Waals surface area contributed by atoms with Gasteiger partial charge in [0.15, 0.2) is 0 Å². The molecular formula is C27H23N5S. The molecule has 0 aliphatic heterocycles. The van der Waals surface area contributed by atoms with Gasteiger partial charge >= 0.3 is 0 Å². The molecule has 162 valence electrons. The minimum atomic E-state index is 0.752. The van der Waals surface area contributed by atoms with Crippen LogP contribution < -0.4 is 5.32 Å². The van der Waals surface area contributed by atoms with Crippen molar-refractivity contribution >= 4 is 22.8 Å². The van der Waals surface area contributed by atoms with Crippen molar-refractivity contribution in [1.29, 1.82) is 0 Å². The van der Waals surface area contributed by atoms with Gasteiger partial charge in [0.25, 0.3) is 0 Å². The third-order valence-corrected chi connectivity index (χ3v) is 6.22. The number of nitrogens with one attached hydrogen (secondary N) is 1. The van der Waals surface area contributed by atoms with Crippen molar-refractivity contribution in [2.45, 2.75) is 20.3 Å². The highest BCUT2D eigenvalue weighted by Crippen LogP contribution is 2.30. The van der Waals surface area contributed by atoms with Gasteiger partial charge in [-0.15, -0.1) is 11.3 Å². The molecule has 0 aliphatic carbocycles. The number of hydrogen-bond acceptors (Lipinski definition) is 6. The zero-order valence-corrected chi connectivity index (χ0v) is 19.3. The number of anilines is 2. The van der Waals surface area contributed by atoms with E-state index in [-0.39, 0.29) is 0 Å². The molecule has 1 N–H and O–H groups in total. The molecule has 0 fully saturated rings. The van der Waals surface area contributed by atoms with Crippen molar-refractivity contribution in [3.8, 4) is 22.0 Å². The summed E-state index contributed by atoms with van der Waals surface area (Å²) in [6.45, 7) is 3.97. The second kappa shape index (κ2) is 9.30. The van der Waals surface area contributed by atoms with Crippen LogP contribution >= 0.6 is 11.3 Å². The zero-order valence-electron chi connectivity index (χ0n) is 18.5. The lowest BCUT2D eigenvalue weighted by Gasteiger charge is -2.15. The molecule has 0 aliphatic rings. The summed E-state index contributed by atoms with van der Waals surface area (Å²) in [5.41, 5.74) is 7.16. The number of hydrogen-bond donors (Lipinski definition) is 1. The summed E-state index contributed by atoms with van der Waals surface area (Å²) in [5, 5.41) is 6.52. The molecule has 0 spiro atoms. The van der Waals surface area contributed by atoms with E-state index in [2.05, 4.69) is 63.1 Å². The Kier molecular flexibility index (Phi) is 5.91. The Hall–Kier alpha value is -3.90. The molecule has 33 heavy (non-hydrogen) atoms. The topological polar surface area (TPSA) is 63.6 Å². The summed E-state index contributed by atoms with van der Waals surface area (Å²) in [7, 11) is 0. The fourth-order valence-electron chi connectivity index (χ4n) is 3.76. The van der Waals surface area contributed by atoms with Gasteiger partial charge < -0.3 is 5.32 Å². The molecule has 0 saturated heterocycles. The Morgan fingerprint density at radius 3 is 2.48 bits per heavy atom. The highest BCUT2D eigenvalue weighted by molar-refractivity contribution is 7.13. The van der Waals surface area contributed by atoms with E-state index in [1.54, 1.807) is 17.5 Å². The van der Waals surface area contributed by atoms with Crippen molar-refractivity contribution in [3.05, 3.63) is 107 Å². The maximum atomic E-state index is 4.80. The number of aryl methyl sites for hydroxylation is 2. The summed E-state index contributed by atoms with van der Waals surface area (Å²) >= 11 is 1.60. The maximum absolute atomic E-state index is 4.80. The van der Waals surface area contributed by atoms with Crippen LogP contribution in [0.2, 0.25) is 0 Å². The van der Waals surface area contributed by atoms with Gasteiger partial charge in [-0.2, -0.15) is 0 Å². The summed E-state index contributed by atoms with van der Waals surface area (Å²) in [6, 6.07) is 24.5. The fraction of sp³-hybridized carbons (Fsp3) is 0.111. The van der Waals surface area contributed by atoms with Gasteiger partial charge in [-0.1, -0.05) is 48.5 Å². The van der Waals surface area contributed by atoms with Gasteiger partial charge in [-0.05, 0) is 43.7 Å². The van der Waals surface area contributed by atoms with Crippen molar-refractivity contribution in [3.63, 3.8) is 0 Å². The smallest absolute Gasteiger partial charge is 0.142 e. The van der Waals surface area contributed by atoms with Crippen LogP contribution in [0.4, 0.5) is 11.5 Å². The first-order chi connectivity index (χ1) is 16.2. The number of benzene rings is 2. The van der Waals surface area contributed by atoms with E-state index in [0.717, 1.165) is 57.0 Å². The summed E-state index contributed by atoms with van der Waals surface area (Å²) < 4.78 is 0. The first-order valence-corrected chi connectivity index (χ1v) is 11.7. The Morgan fingerprint density at radius 2 is 1.67 bits per heavy atom. The normalized spacial score (nSPS) is 10.8. The molecule has 2 aromatic carbocycles. The van der Waals surface area contributed by atoms with Crippen LogP contribution in [0, 0.1) is 13.8 Å². The molecule has 3 aromatic heterocycles. The average molecular weight is 450 g/mol. The molecule has 0 radical (unpaired) electrons. The molecule has 0 atom stereocenters. The van der Waals surface area contributed by atoms with Crippen LogP contribution in [-0.2, 0) is 6.42 Å². The molecular weight excluding hydrogens is 426 g/mol. The van der Waals surface area contributed by atoms with Gasteiger partial charge in [-0.25, -0.2) is 15.0 Å². The Balaban J connectivity index is 1.44. The van der Waals surface area contributed by atoms with Crippen molar-refractivity contribution in [1.82, 2.24) is 19.9 Å². The summed E-state index contributed by atoms with van der Waals surface area (Å²) in [6.07, 6.45) is 2.56. The first-order valence-electron chi connectivity index (χ1n) is 10.8. The molecule has 0 unspecified atom stereocenters. The second-order valence-corrected chi connectivity index (χ2v) is 8.66. The van der Waals surface area contributed by atoms with Crippen molar-refractivity contribution < 1.29 is 0 Å². The molecule has 0 bridgehead atoms. The first kappa shape index (κ1) is 21.0. The minimum absolute atomic E-state index is 0.752. The van der Waals surface area contributed by atoms with E-state index in [9.17, 15) is 0 Å². The summed E-state index contributed by atoms with van der Waals surface area (Å²) in [4.78, 5) is 18.5. The fourth-order valence-corrected chi connectivity index (χ4v) is 4.56. The largest absolute Gasteiger partial charge is 0.340 e. The van der Waals surface area contributed by atoms with E-state index in [1.165, 1.54) is 5.56 Å². The van der Waals surface area contributed by atoms with Gasteiger partial charge in [0, 0.05) is 40.5 Å². The predicted molar refractivity (Wildman–Crippen MR) is 135 cm³/mol. The lowest BCUT2D eigenvalue weighted by molar-refractivity contribution is 0.965. The Labute approximate surface area is 197 Å². The zero-order chi connectivity index (χ0) is 22.6. The molecule has 3 heterocycles. The summed E-state index contributed by atoms with van der Waals surface area (Å²) in [5.74, 6) is 1.59. The molecule has 6 heteroatoms. The standard InChI is InChI=1S/C27H23N5S/c1-18-23(15-20-9-4-3-5-10-20)26(30-19(2)29-18)31-22-12-8-11-21(16-22)25-17-33-27(32-25)24-13-6-7-14-28-24/h3-14,16-17H,15H2,1-2H3,(H,29,30,31). The number of pyridine rings is 1. The van der Waals surface area contributed by atoms with Crippen LogP contribution in [-0.4, -0.2) is 19.9 Å². The predicted octanol–water partition coefficient (Wildman–Crippen LogP) is 6.61. The second-order valence-electron chi connectivity index (χ2n) is 7.80. The van der Waals surface area contributed by atoms with E-state index >= 15 is 0 Å². The Morgan fingerprint density at radius 1 is 0.818 bits per heavy atom.